The molecule has 1 fully saturated rings. The van der Waals surface area contributed by atoms with E-state index in [1.54, 1.807) is 7.05 Å². The molecule has 5 heteroatoms. The predicted molar refractivity (Wildman–Crippen MR) is 75.5 cm³/mol. The number of rotatable bonds is 6. The highest BCUT2D eigenvalue weighted by atomic mass is 16.2. The van der Waals surface area contributed by atoms with Gasteiger partial charge in [0.05, 0.1) is 12.0 Å². The van der Waals surface area contributed by atoms with Gasteiger partial charge in [-0.15, -0.1) is 0 Å². The summed E-state index contributed by atoms with van der Waals surface area (Å²) in [6.07, 6.45) is 5.88. The van der Waals surface area contributed by atoms with Crippen LogP contribution in [0.3, 0.4) is 0 Å². The summed E-state index contributed by atoms with van der Waals surface area (Å²) in [6.45, 7) is 3.16. The molecule has 0 unspecified atom stereocenters. The third kappa shape index (κ3) is 4.20. The summed E-state index contributed by atoms with van der Waals surface area (Å²) in [4.78, 5) is 25.7. The molecule has 19 heavy (non-hydrogen) atoms. The number of likely N-dealkylation sites (N-methyl/N-ethyl adjacent to an activating group) is 1. The molecule has 0 bridgehead atoms. The minimum atomic E-state index is -0.433. The number of carbonyl (C=O) groups is 2. The van der Waals surface area contributed by atoms with Gasteiger partial charge < -0.3 is 16.0 Å². The first-order valence-electron chi connectivity index (χ1n) is 7.28. The van der Waals surface area contributed by atoms with Gasteiger partial charge in [-0.25, -0.2) is 0 Å². The van der Waals surface area contributed by atoms with Gasteiger partial charge in [-0.05, 0) is 19.3 Å². The zero-order valence-electron chi connectivity index (χ0n) is 12.2. The van der Waals surface area contributed by atoms with E-state index in [1.165, 1.54) is 11.3 Å². The maximum Gasteiger partial charge on any atom is 0.239 e. The number of carbonyl (C=O) groups excluding carboxylic acids is 2. The molecule has 0 heterocycles. The van der Waals surface area contributed by atoms with Crippen LogP contribution in [0.4, 0.5) is 0 Å². The third-order valence-corrected chi connectivity index (χ3v) is 3.95. The molecule has 0 spiro atoms. The Bertz CT molecular complexity index is 312. The van der Waals surface area contributed by atoms with Crippen LogP contribution in [-0.2, 0) is 9.59 Å². The predicted octanol–water partition coefficient (Wildman–Crippen LogP) is 0.880. The normalized spacial score (nSPS) is 17.8. The SMILES string of the molecule is CCCNC(=O)CN(C)C(=O)C1(CN)CCCCC1. The van der Waals surface area contributed by atoms with Crippen molar-refractivity contribution in [2.75, 3.05) is 26.7 Å². The number of nitrogens with one attached hydrogen (secondary N) is 1. The standard InChI is InChI=1S/C14H27N3O2/c1-3-9-16-12(18)10-17(2)13(19)14(11-15)7-5-4-6-8-14/h3-11,15H2,1-2H3,(H,16,18). The van der Waals surface area contributed by atoms with Crippen molar-refractivity contribution in [2.24, 2.45) is 11.1 Å². The Kier molecular flexibility index (Phi) is 6.28. The van der Waals surface area contributed by atoms with Gasteiger partial charge in [-0.1, -0.05) is 26.2 Å². The molecular weight excluding hydrogens is 242 g/mol. The van der Waals surface area contributed by atoms with Crippen LogP contribution >= 0.6 is 0 Å². The summed E-state index contributed by atoms with van der Waals surface area (Å²) in [5, 5.41) is 2.79. The monoisotopic (exact) mass is 269 g/mol. The van der Waals surface area contributed by atoms with Gasteiger partial charge in [0.15, 0.2) is 0 Å². The largest absolute Gasteiger partial charge is 0.355 e. The van der Waals surface area contributed by atoms with Crippen molar-refractivity contribution in [2.45, 2.75) is 45.4 Å². The van der Waals surface area contributed by atoms with Crippen molar-refractivity contribution < 1.29 is 9.59 Å². The molecule has 110 valence electrons. The van der Waals surface area contributed by atoms with Gasteiger partial charge in [0.25, 0.3) is 0 Å². The Morgan fingerprint density at radius 3 is 2.42 bits per heavy atom. The Morgan fingerprint density at radius 2 is 1.89 bits per heavy atom. The quantitative estimate of drug-likeness (QED) is 0.751. The van der Waals surface area contributed by atoms with Gasteiger partial charge in [-0.2, -0.15) is 0 Å². The maximum absolute atomic E-state index is 12.5. The minimum Gasteiger partial charge on any atom is -0.355 e. The van der Waals surface area contributed by atoms with E-state index in [1.807, 2.05) is 6.92 Å². The molecule has 0 aromatic heterocycles. The van der Waals surface area contributed by atoms with E-state index < -0.39 is 5.41 Å². The van der Waals surface area contributed by atoms with E-state index in [0.717, 1.165) is 32.1 Å². The van der Waals surface area contributed by atoms with Crippen molar-refractivity contribution in [3.8, 4) is 0 Å². The molecule has 0 atom stereocenters. The first-order chi connectivity index (χ1) is 9.05. The Morgan fingerprint density at radius 1 is 1.26 bits per heavy atom. The number of hydrogen-bond acceptors (Lipinski definition) is 3. The van der Waals surface area contributed by atoms with Gasteiger partial charge in [0.1, 0.15) is 0 Å². The van der Waals surface area contributed by atoms with Crippen LogP contribution in [0, 0.1) is 5.41 Å². The number of hydrogen-bond donors (Lipinski definition) is 2. The van der Waals surface area contributed by atoms with Crippen LogP contribution in [0.15, 0.2) is 0 Å². The second-order valence-corrected chi connectivity index (χ2v) is 5.56. The lowest BCUT2D eigenvalue weighted by Crippen LogP contribution is -2.50. The molecule has 0 aromatic rings. The first kappa shape index (κ1) is 16.0. The van der Waals surface area contributed by atoms with E-state index in [0.29, 0.717) is 13.1 Å². The number of nitrogens with zero attached hydrogens (tertiary/aromatic N) is 1. The van der Waals surface area contributed by atoms with Crippen molar-refractivity contribution in [3.63, 3.8) is 0 Å². The van der Waals surface area contributed by atoms with E-state index in [2.05, 4.69) is 5.32 Å². The average molecular weight is 269 g/mol. The third-order valence-electron chi connectivity index (χ3n) is 3.95. The Balaban J connectivity index is 2.56. The van der Waals surface area contributed by atoms with Crippen LogP contribution in [0.2, 0.25) is 0 Å². The van der Waals surface area contributed by atoms with Gasteiger partial charge in [0, 0.05) is 20.1 Å². The summed E-state index contributed by atoms with van der Waals surface area (Å²) in [7, 11) is 1.69. The zero-order chi connectivity index (χ0) is 14.3. The molecule has 0 aromatic carbocycles. The van der Waals surface area contributed by atoms with E-state index >= 15 is 0 Å². The molecule has 0 aliphatic heterocycles. The average Bonchev–Trinajstić information content (AvgIpc) is 2.44. The summed E-state index contributed by atoms with van der Waals surface area (Å²) < 4.78 is 0. The van der Waals surface area contributed by atoms with E-state index in [4.69, 9.17) is 5.73 Å². The maximum atomic E-state index is 12.5. The van der Waals surface area contributed by atoms with Crippen molar-refractivity contribution in [3.05, 3.63) is 0 Å². The van der Waals surface area contributed by atoms with Crippen molar-refractivity contribution >= 4 is 11.8 Å². The Labute approximate surface area is 115 Å². The summed E-state index contributed by atoms with van der Waals surface area (Å²) >= 11 is 0. The van der Waals surface area contributed by atoms with Crippen molar-refractivity contribution in [1.29, 1.82) is 0 Å². The van der Waals surface area contributed by atoms with Gasteiger partial charge in [0.2, 0.25) is 11.8 Å². The molecule has 1 aliphatic carbocycles. The highest BCUT2D eigenvalue weighted by Gasteiger charge is 2.40. The fraction of sp³-hybridized carbons (Fsp3) is 0.857. The van der Waals surface area contributed by atoms with E-state index in [9.17, 15) is 9.59 Å². The van der Waals surface area contributed by atoms with Crippen LogP contribution in [0.25, 0.3) is 0 Å². The van der Waals surface area contributed by atoms with Gasteiger partial charge >= 0.3 is 0 Å². The lowest BCUT2D eigenvalue weighted by molar-refractivity contribution is -0.144. The van der Waals surface area contributed by atoms with Crippen molar-refractivity contribution in [1.82, 2.24) is 10.2 Å². The van der Waals surface area contributed by atoms with Crippen LogP contribution in [0.5, 0.6) is 0 Å². The van der Waals surface area contributed by atoms with Gasteiger partial charge in [-0.3, -0.25) is 9.59 Å². The smallest absolute Gasteiger partial charge is 0.239 e. The summed E-state index contributed by atoms with van der Waals surface area (Å²) in [5.41, 5.74) is 5.41. The highest BCUT2D eigenvalue weighted by molar-refractivity contribution is 5.88. The molecular formula is C14H27N3O2. The fourth-order valence-electron chi connectivity index (χ4n) is 2.75. The highest BCUT2D eigenvalue weighted by Crippen LogP contribution is 2.36. The van der Waals surface area contributed by atoms with Crippen LogP contribution in [0.1, 0.15) is 45.4 Å². The number of amides is 2. The zero-order valence-corrected chi connectivity index (χ0v) is 12.2. The lowest BCUT2D eigenvalue weighted by atomic mass is 9.73. The number of nitrogens with two attached hydrogens (primary N) is 1. The summed E-state index contributed by atoms with van der Waals surface area (Å²) in [5.74, 6) is -0.0676. The minimum absolute atomic E-state index is 0.0290. The molecule has 3 N–H and O–H groups in total. The fourth-order valence-corrected chi connectivity index (χ4v) is 2.75. The topological polar surface area (TPSA) is 75.4 Å². The molecule has 1 rings (SSSR count). The molecule has 5 nitrogen and oxygen atoms in total. The molecule has 2 amide bonds. The van der Waals surface area contributed by atoms with E-state index in [-0.39, 0.29) is 18.4 Å². The second kappa shape index (κ2) is 7.48. The second-order valence-electron chi connectivity index (χ2n) is 5.56. The Hall–Kier alpha value is -1.10. The molecule has 0 saturated heterocycles. The molecule has 0 radical (unpaired) electrons. The molecule has 1 saturated carbocycles. The molecule has 1 aliphatic rings. The first-order valence-corrected chi connectivity index (χ1v) is 7.28. The van der Waals surface area contributed by atoms with Crippen LogP contribution < -0.4 is 11.1 Å². The lowest BCUT2D eigenvalue weighted by Gasteiger charge is -2.37. The summed E-state index contributed by atoms with van der Waals surface area (Å²) in [6, 6.07) is 0. The van der Waals surface area contributed by atoms with Crippen LogP contribution in [-0.4, -0.2) is 43.4 Å².